The van der Waals surface area contributed by atoms with E-state index in [1.54, 1.807) is 7.11 Å². The highest BCUT2D eigenvalue weighted by atomic mass is 16.5. The Morgan fingerprint density at radius 3 is 2.63 bits per heavy atom. The van der Waals surface area contributed by atoms with E-state index in [-0.39, 0.29) is 17.8 Å². The fourth-order valence-electron chi connectivity index (χ4n) is 5.03. The summed E-state index contributed by atoms with van der Waals surface area (Å²) in [6.45, 7) is 3.95. The summed E-state index contributed by atoms with van der Waals surface area (Å²) in [5, 5.41) is 0. The first kappa shape index (κ1) is 19.4. The lowest BCUT2D eigenvalue weighted by Crippen LogP contribution is -2.39. The molecular formula is C24H29N3O3. The molecule has 2 atom stereocenters. The second-order valence-electron chi connectivity index (χ2n) is 8.55. The number of nitrogens with one attached hydrogen (secondary N) is 1. The van der Waals surface area contributed by atoms with E-state index in [4.69, 9.17) is 9.47 Å². The first-order valence-corrected chi connectivity index (χ1v) is 10.9. The summed E-state index contributed by atoms with van der Waals surface area (Å²) in [6, 6.07) is 16.5. The molecule has 2 unspecified atom stereocenters. The quantitative estimate of drug-likeness (QED) is 0.700. The van der Waals surface area contributed by atoms with Gasteiger partial charge in [-0.3, -0.25) is 4.57 Å². The molecule has 0 radical (unpaired) electrons. The van der Waals surface area contributed by atoms with Crippen LogP contribution in [0.1, 0.15) is 37.0 Å². The van der Waals surface area contributed by atoms with E-state index in [1.165, 1.54) is 5.56 Å². The van der Waals surface area contributed by atoms with Gasteiger partial charge in [-0.1, -0.05) is 24.3 Å². The molecule has 0 amide bonds. The standard InChI is InChI=1S/C24H29N3O3/c1-29-20-8-6-18(7-9-20)23-14-17(16-30-23)15-26-12-10-19(11-13-26)27-22-5-3-2-4-21(22)25-24(27)28/h2-9,17,19,23H,10-16H2,1H3,(H,25,28). The number of imidazole rings is 1. The molecule has 0 spiro atoms. The number of hydrogen-bond donors (Lipinski definition) is 1. The van der Waals surface area contributed by atoms with Crippen LogP contribution in [0.4, 0.5) is 0 Å². The number of H-pyrrole nitrogens is 1. The number of nitrogens with zero attached hydrogens (tertiary/aromatic N) is 2. The second-order valence-corrected chi connectivity index (χ2v) is 8.55. The number of aromatic amines is 1. The van der Waals surface area contributed by atoms with E-state index in [0.29, 0.717) is 5.92 Å². The summed E-state index contributed by atoms with van der Waals surface area (Å²) >= 11 is 0. The van der Waals surface area contributed by atoms with Crippen molar-refractivity contribution in [1.29, 1.82) is 0 Å². The maximum atomic E-state index is 12.5. The van der Waals surface area contributed by atoms with Crippen LogP contribution >= 0.6 is 0 Å². The highest BCUT2D eigenvalue weighted by molar-refractivity contribution is 5.75. The van der Waals surface area contributed by atoms with E-state index in [9.17, 15) is 4.79 Å². The van der Waals surface area contributed by atoms with E-state index in [2.05, 4.69) is 22.0 Å². The van der Waals surface area contributed by atoms with Gasteiger partial charge in [0.15, 0.2) is 0 Å². The fourth-order valence-corrected chi connectivity index (χ4v) is 5.03. The minimum atomic E-state index is 0.0150. The van der Waals surface area contributed by atoms with Gasteiger partial charge in [0.1, 0.15) is 5.75 Å². The van der Waals surface area contributed by atoms with Crippen LogP contribution in [0.2, 0.25) is 0 Å². The van der Waals surface area contributed by atoms with Crippen LogP contribution in [-0.4, -0.2) is 47.8 Å². The molecule has 5 rings (SSSR count). The van der Waals surface area contributed by atoms with Crippen LogP contribution in [0.25, 0.3) is 11.0 Å². The third-order valence-corrected chi connectivity index (χ3v) is 6.63. The van der Waals surface area contributed by atoms with E-state index in [1.807, 2.05) is 41.0 Å². The number of rotatable bonds is 5. The first-order valence-electron chi connectivity index (χ1n) is 10.9. The molecule has 1 aromatic heterocycles. The Morgan fingerprint density at radius 2 is 1.87 bits per heavy atom. The predicted molar refractivity (Wildman–Crippen MR) is 117 cm³/mol. The molecule has 0 saturated carbocycles. The Bertz CT molecular complexity index is 1050. The molecule has 30 heavy (non-hydrogen) atoms. The Kier molecular flexibility index (Phi) is 5.35. The largest absolute Gasteiger partial charge is 0.497 e. The summed E-state index contributed by atoms with van der Waals surface area (Å²) in [5.41, 5.74) is 3.20. The maximum Gasteiger partial charge on any atom is 0.326 e. The van der Waals surface area contributed by atoms with Crippen LogP contribution in [0.15, 0.2) is 53.3 Å². The van der Waals surface area contributed by atoms with Crippen molar-refractivity contribution in [2.45, 2.75) is 31.4 Å². The van der Waals surface area contributed by atoms with Gasteiger partial charge in [0.2, 0.25) is 0 Å². The van der Waals surface area contributed by atoms with Gasteiger partial charge >= 0.3 is 5.69 Å². The lowest BCUT2D eigenvalue weighted by Gasteiger charge is -2.33. The zero-order valence-corrected chi connectivity index (χ0v) is 17.4. The first-order chi connectivity index (χ1) is 14.7. The monoisotopic (exact) mass is 407 g/mol. The van der Waals surface area contributed by atoms with Crippen molar-refractivity contribution in [2.75, 3.05) is 33.4 Å². The van der Waals surface area contributed by atoms with Gasteiger partial charge < -0.3 is 19.4 Å². The van der Waals surface area contributed by atoms with Gasteiger partial charge in [-0.15, -0.1) is 0 Å². The SMILES string of the molecule is COc1ccc(C2CC(CN3CCC(n4c(=O)[nH]c5ccccc54)CC3)CO2)cc1. The molecule has 3 aromatic rings. The molecule has 2 aliphatic rings. The van der Waals surface area contributed by atoms with Gasteiger partial charge in [-0.05, 0) is 55.0 Å². The van der Waals surface area contributed by atoms with Crippen LogP contribution in [0.3, 0.4) is 0 Å². The number of fused-ring (bicyclic) bond motifs is 1. The maximum absolute atomic E-state index is 12.5. The molecule has 6 nitrogen and oxygen atoms in total. The number of piperidine rings is 1. The zero-order valence-electron chi connectivity index (χ0n) is 17.4. The van der Waals surface area contributed by atoms with Crippen molar-refractivity contribution in [2.24, 2.45) is 5.92 Å². The van der Waals surface area contributed by atoms with Gasteiger partial charge in [-0.2, -0.15) is 0 Å². The topological polar surface area (TPSA) is 59.5 Å². The van der Waals surface area contributed by atoms with Crippen LogP contribution in [-0.2, 0) is 4.74 Å². The third-order valence-electron chi connectivity index (χ3n) is 6.63. The number of para-hydroxylation sites is 2. The Labute approximate surface area is 176 Å². The van der Waals surface area contributed by atoms with Crippen molar-refractivity contribution >= 4 is 11.0 Å². The van der Waals surface area contributed by atoms with Crippen molar-refractivity contribution in [3.63, 3.8) is 0 Å². The third kappa shape index (κ3) is 3.77. The summed E-state index contributed by atoms with van der Waals surface area (Å²) in [4.78, 5) is 18.0. The lowest BCUT2D eigenvalue weighted by atomic mass is 9.98. The average Bonchev–Trinajstić information content (AvgIpc) is 3.38. The number of likely N-dealkylation sites (tertiary alicyclic amines) is 1. The lowest BCUT2D eigenvalue weighted by molar-refractivity contribution is 0.100. The fraction of sp³-hybridized carbons (Fsp3) is 0.458. The highest BCUT2D eigenvalue weighted by Crippen LogP contribution is 2.34. The number of ether oxygens (including phenoxy) is 2. The van der Waals surface area contributed by atoms with E-state index >= 15 is 0 Å². The van der Waals surface area contributed by atoms with Crippen LogP contribution < -0.4 is 10.4 Å². The van der Waals surface area contributed by atoms with Crippen molar-refractivity contribution in [3.05, 3.63) is 64.6 Å². The van der Waals surface area contributed by atoms with Crippen molar-refractivity contribution in [3.8, 4) is 5.75 Å². The average molecular weight is 408 g/mol. The van der Waals surface area contributed by atoms with E-state index < -0.39 is 0 Å². The summed E-state index contributed by atoms with van der Waals surface area (Å²) in [6.07, 6.45) is 3.27. The Morgan fingerprint density at radius 1 is 1.10 bits per heavy atom. The number of hydrogen-bond acceptors (Lipinski definition) is 4. The van der Waals surface area contributed by atoms with Crippen molar-refractivity contribution < 1.29 is 9.47 Å². The number of aromatic nitrogens is 2. The van der Waals surface area contributed by atoms with Gasteiger partial charge in [0.05, 0.1) is 30.9 Å². The van der Waals surface area contributed by atoms with E-state index in [0.717, 1.165) is 62.3 Å². The Hall–Kier alpha value is -2.57. The van der Waals surface area contributed by atoms with Crippen molar-refractivity contribution in [1.82, 2.24) is 14.5 Å². The molecule has 6 heteroatoms. The summed E-state index contributed by atoms with van der Waals surface area (Å²) in [5.74, 6) is 1.44. The Balaban J connectivity index is 1.17. The van der Waals surface area contributed by atoms with Crippen LogP contribution in [0.5, 0.6) is 5.75 Å². The normalized spacial score (nSPS) is 23.2. The summed E-state index contributed by atoms with van der Waals surface area (Å²) < 4.78 is 13.3. The molecule has 2 fully saturated rings. The van der Waals surface area contributed by atoms with Gasteiger partial charge in [0, 0.05) is 25.7 Å². The molecular weight excluding hydrogens is 378 g/mol. The molecule has 1 N–H and O–H groups in total. The number of methoxy groups -OCH3 is 1. The molecule has 158 valence electrons. The molecule has 2 aromatic carbocycles. The minimum absolute atomic E-state index is 0.0150. The smallest absolute Gasteiger partial charge is 0.326 e. The van der Waals surface area contributed by atoms with Crippen LogP contribution in [0, 0.1) is 5.92 Å². The molecule has 0 aliphatic carbocycles. The number of benzene rings is 2. The highest BCUT2D eigenvalue weighted by Gasteiger charge is 2.30. The van der Waals surface area contributed by atoms with Gasteiger partial charge in [-0.25, -0.2) is 4.79 Å². The molecule has 0 bridgehead atoms. The summed E-state index contributed by atoms with van der Waals surface area (Å²) in [7, 11) is 1.69. The second kappa shape index (κ2) is 8.28. The zero-order chi connectivity index (χ0) is 20.5. The molecule has 3 heterocycles. The van der Waals surface area contributed by atoms with Gasteiger partial charge in [0.25, 0.3) is 0 Å². The molecule has 2 aliphatic heterocycles. The molecule has 2 saturated heterocycles. The minimum Gasteiger partial charge on any atom is -0.497 e. The predicted octanol–water partition coefficient (Wildman–Crippen LogP) is 3.75.